The maximum atomic E-state index is 12.7. The molecule has 1 aliphatic heterocycles. The standard InChI is InChI=1S/C23H26N10O/c1-14(2)27-21-12-25-11-19(28-21)15-3-4-16-10-26-23(29-18(16)9-15)30-22(34)20-13-33(32-31-20)17-5-7-24-8-6-17/h3-4,9-14,17,24H,5-8H2,1-2H3,(H,27,28)(H,26,29,30,34). The highest BCUT2D eigenvalue weighted by atomic mass is 16.2. The topological polar surface area (TPSA) is 135 Å². The van der Waals surface area contributed by atoms with Crippen LogP contribution in [0.3, 0.4) is 0 Å². The highest BCUT2D eigenvalue weighted by Gasteiger charge is 2.19. The second kappa shape index (κ2) is 9.48. The molecule has 11 heteroatoms. The summed E-state index contributed by atoms with van der Waals surface area (Å²) in [5.41, 5.74) is 2.52. The Labute approximate surface area is 196 Å². The van der Waals surface area contributed by atoms with E-state index in [1.807, 2.05) is 32.0 Å². The molecule has 4 heterocycles. The van der Waals surface area contributed by atoms with E-state index in [9.17, 15) is 4.79 Å². The number of benzene rings is 1. The van der Waals surface area contributed by atoms with E-state index >= 15 is 0 Å². The summed E-state index contributed by atoms with van der Waals surface area (Å²) in [6, 6.07) is 6.28. The van der Waals surface area contributed by atoms with Crippen molar-refractivity contribution in [3.8, 4) is 11.3 Å². The summed E-state index contributed by atoms with van der Waals surface area (Å²) in [7, 11) is 0. The van der Waals surface area contributed by atoms with Gasteiger partial charge in [-0.1, -0.05) is 17.3 Å². The van der Waals surface area contributed by atoms with Gasteiger partial charge in [0.25, 0.3) is 5.91 Å². The number of fused-ring (bicyclic) bond motifs is 1. The summed E-state index contributed by atoms with van der Waals surface area (Å²) in [6.07, 6.45) is 8.68. The van der Waals surface area contributed by atoms with E-state index in [1.54, 1.807) is 29.5 Å². The highest BCUT2D eigenvalue weighted by Crippen LogP contribution is 2.23. The quantitative estimate of drug-likeness (QED) is 0.398. The molecule has 1 aromatic carbocycles. The number of aromatic nitrogens is 7. The molecule has 1 fully saturated rings. The van der Waals surface area contributed by atoms with Gasteiger partial charge in [-0.2, -0.15) is 0 Å². The Morgan fingerprint density at radius 3 is 2.82 bits per heavy atom. The van der Waals surface area contributed by atoms with Crippen LogP contribution in [0.5, 0.6) is 0 Å². The van der Waals surface area contributed by atoms with Crippen LogP contribution >= 0.6 is 0 Å². The molecule has 0 atom stereocenters. The van der Waals surface area contributed by atoms with Gasteiger partial charge in [0.15, 0.2) is 5.69 Å². The van der Waals surface area contributed by atoms with Crippen molar-refractivity contribution < 1.29 is 4.79 Å². The molecule has 3 N–H and O–H groups in total. The van der Waals surface area contributed by atoms with Gasteiger partial charge in [0, 0.05) is 23.2 Å². The number of carbonyl (C=O) groups is 1. The van der Waals surface area contributed by atoms with Gasteiger partial charge < -0.3 is 10.6 Å². The molecule has 5 rings (SSSR count). The van der Waals surface area contributed by atoms with Crippen LogP contribution in [0.15, 0.2) is 43.0 Å². The molecular formula is C23H26N10O. The van der Waals surface area contributed by atoms with Gasteiger partial charge >= 0.3 is 0 Å². The SMILES string of the molecule is CC(C)Nc1cncc(-c2ccc3cnc(NC(=O)c4cn(C5CCNCC5)nn4)nc3c2)n1. The lowest BCUT2D eigenvalue weighted by Gasteiger charge is -2.22. The van der Waals surface area contributed by atoms with E-state index in [0.29, 0.717) is 11.3 Å². The first-order valence-electron chi connectivity index (χ1n) is 11.3. The number of anilines is 2. The van der Waals surface area contributed by atoms with Crippen molar-refractivity contribution in [2.45, 2.75) is 38.8 Å². The Morgan fingerprint density at radius 2 is 2.00 bits per heavy atom. The van der Waals surface area contributed by atoms with Crippen LogP contribution in [0, 0.1) is 0 Å². The Bertz CT molecular complexity index is 1310. The Morgan fingerprint density at radius 1 is 1.15 bits per heavy atom. The lowest BCUT2D eigenvalue weighted by molar-refractivity contribution is 0.102. The molecule has 11 nitrogen and oxygen atoms in total. The Kier molecular flexibility index (Phi) is 6.09. The summed E-state index contributed by atoms with van der Waals surface area (Å²) < 4.78 is 1.77. The summed E-state index contributed by atoms with van der Waals surface area (Å²) in [6.45, 7) is 5.96. The van der Waals surface area contributed by atoms with E-state index in [2.05, 4.69) is 46.2 Å². The second-order valence-electron chi connectivity index (χ2n) is 8.57. The molecule has 0 aliphatic carbocycles. The zero-order valence-corrected chi connectivity index (χ0v) is 19.1. The highest BCUT2D eigenvalue weighted by molar-refractivity contribution is 6.02. The van der Waals surface area contributed by atoms with Crippen LogP contribution in [0.1, 0.15) is 43.2 Å². The first kappa shape index (κ1) is 21.8. The van der Waals surface area contributed by atoms with Crippen LogP contribution in [-0.2, 0) is 0 Å². The first-order chi connectivity index (χ1) is 16.5. The normalized spacial score (nSPS) is 14.4. The smallest absolute Gasteiger partial charge is 0.280 e. The van der Waals surface area contributed by atoms with E-state index in [1.165, 1.54) is 0 Å². The molecule has 3 aromatic heterocycles. The molecule has 0 spiro atoms. The van der Waals surface area contributed by atoms with Gasteiger partial charge in [-0.25, -0.2) is 19.6 Å². The number of rotatable bonds is 6. The molecule has 174 valence electrons. The Hall–Kier alpha value is -3.99. The molecular weight excluding hydrogens is 432 g/mol. The van der Waals surface area contributed by atoms with E-state index in [0.717, 1.165) is 42.6 Å². The van der Waals surface area contributed by atoms with Crippen molar-refractivity contribution in [2.75, 3.05) is 23.7 Å². The predicted molar refractivity (Wildman–Crippen MR) is 128 cm³/mol. The van der Waals surface area contributed by atoms with Crippen molar-refractivity contribution in [1.82, 2.24) is 40.2 Å². The first-order valence-corrected chi connectivity index (χ1v) is 11.3. The van der Waals surface area contributed by atoms with Crippen LogP contribution < -0.4 is 16.0 Å². The average Bonchev–Trinajstić information content (AvgIpc) is 3.35. The fourth-order valence-electron chi connectivity index (χ4n) is 3.91. The number of carbonyl (C=O) groups excluding carboxylic acids is 1. The summed E-state index contributed by atoms with van der Waals surface area (Å²) in [5.74, 6) is 0.516. The van der Waals surface area contributed by atoms with Crippen LogP contribution in [0.2, 0.25) is 0 Å². The van der Waals surface area contributed by atoms with Crippen LogP contribution in [0.4, 0.5) is 11.8 Å². The van der Waals surface area contributed by atoms with Gasteiger partial charge in [0.2, 0.25) is 5.95 Å². The largest absolute Gasteiger partial charge is 0.367 e. The monoisotopic (exact) mass is 458 g/mol. The van der Waals surface area contributed by atoms with E-state index in [4.69, 9.17) is 0 Å². The fourth-order valence-corrected chi connectivity index (χ4v) is 3.91. The van der Waals surface area contributed by atoms with Crippen molar-refractivity contribution in [3.63, 3.8) is 0 Å². The zero-order valence-electron chi connectivity index (χ0n) is 19.1. The minimum absolute atomic E-state index is 0.201. The molecule has 1 aliphatic rings. The summed E-state index contributed by atoms with van der Waals surface area (Å²) in [4.78, 5) is 30.4. The lowest BCUT2D eigenvalue weighted by Crippen LogP contribution is -2.29. The molecule has 34 heavy (non-hydrogen) atoms. The maximum Gasteiger partial charge on any atom is 0.280 e. The minimum atomic E-state index is -0.394. The van der Waals surface area contributed by atoms with Gasteiger partial charge in [-0.3, -0.25) is 15.1 Å². The molecule has 0 saturated carbocycles. The number of amides is 1. The summed E-state index contributed by atoms with van der Waals surface area (Å²) in [5, 5.41) is 18.3. The van der Waals surface area contributed by atoms with Crippen molar-refractivity contribution in [2.24, 2.45) is 0 Å². The second-order valence-corrected chi connectivity index (χ2v) is 8.57. The average molecular weight is 459 g/mol. The number of nitrogens with one attached hydrogen (secondary N) is 3. The molecule has 1 amide bonds. The van der Waals surface area contributed by atoms with Crippen molar-refractivity contribution >= 4 is 28.6 Å². The number of piperidine rings is 1. The van der Waals surface area contributed by atoms with E-state index in [-0.39, 0.29) is 23.7 Å². The minimum Gasteiger partial charge on any atom is -0.367 e. The number of hydrogen-bond donors (Lipinski definition) is 3. The lowest BCUT2D eigenvalue weighted by atomic mass is 10.1. The fraction of sp³-hybridized carbons (Fsp3) is 0.348. The van der Waals surface area contributed by atoms with Gasteiger partial charge in [0.1, 0.15) is 5.82 Å². The number of nitrogens with zero attached hydrogens (tertiary/aromatic N) is 7. The van der Waals surface area contributed by atoms with Crippen LogP contribution in [-0.4, -0.2) is 60.0 Å². The van der Waals surface area contributed by atoms with E-state index < -0.39 is 5.91 Å². The molecule has 4 aromatic rings. The zero-order chi connectivity index (χ0) is 23.5. The van der Waals surface area contributed by atoms with Crippen molar-refractivity contribution in [1.29, 1.82) is 0 Å². The van der Waals surface area contributed by atoms with Gasteiger partial charge in [0.05, 0.1) is 35.8 Å². The van der Waals surface area contributed by atoms with Gasteiger partial charge in [-0.15, -0.1) is 5.10 Å². The van der Waals surface area contributed by atoms with Gasteiger partial charge in [-0.05, 0) is 45.8 Å². The van der Waals surface area contributed by atoms with Crippen LogP contribution in [0.25, 0.3) is 22.2 Å². The third-order valence-electron chi connectivity index (χ3n) is 5.60. The molecule has 1 saturated heterocycles. The predicted octanol–water partition coefficient (Wildman–Crippen LogP) is 2.68. The molecule has 0 bridgehead atoms. The maximum absolute atomic E-state index is 12.7. The number of hydrogen-bond acceptors (Lipinski definition) is 9. The third-order valence-corrected chi connectivity index (χ3v) is 5.60. The molecule has 0 radical (unpaired) electrons. The van der Waals surface area contributed by atoms with Crippen molar-refractivity contribution in [3.05, 3.63) is 48.7 Å². The summed E-state index contributed by atoms with van der Waals surface area (Å²) >= 11 is 0. The third kappa shape index (κ3) is 4.84. The Balaban J connectivity index is 1.34. The molecule has 0 unspecified atom stereocenters.